The predicted octanol–water partition coefficient (Wildman–Crippen LogP) is 2.97. The summed E-state index contributed by atoms with van der Waals surface area (Å²) in [7, 11) is 1.59. The minimum atomic E-state index is -0.477. The van der Waals surface area contributed by atoms with Crippen LogP contribution in [0.1, 0.15) is 24.0 Å². The monoisotopic (exact) mass is 423 g/mol. The van der Waals surface area contributed by atoms with E-state index in [0.717, 1.165) is 5.56 Å². The van der Waals surface area contributed by atoms with Gasteiger partial charge in [0.2, 0.25) is 11.8 Å². The number of hydrogen-bond donors (Lipinski definition) is 1. The quantitative estimate of drug-likeness (QED) is 0.419. The maximum absolute atomic E-state index is 12.6. The Bertz CT molecular complexity index is 981. The van der Waals surface area contributed by atoms with Crippen LogP contribution in [0.25, 0.3) is 6.08 Å². The summed E-state index contributed by atoms with van der Waals surface area (Å²) >= 11 is 0. The highest BCUT2D eigenvalue weighted by atomic mass is 16.6. The van der Waals surface area contributed by atoms with Crippen LogP contribution in [0.5, 0.6) is 5.75 Å². The van der Waals surface area contributed by atoms with E-state index in [0.29, 0.717) is 37.2 Å². The molecule has 0 unspecified atom stereocenters. The fourth-order valence-electron chi connectivity index (χ4n) is 3.61. The molecule has 8 nitrogen and oxygen atoms in total. The predicted molar refractivity (Wildman–Crippen MR) is 117 cm³/mol. The van der Waals surface area contributed by atoms with Gasteiger partial charge in [0.05, 0.1) is 24.0 Å². The van der Waals surface area contributed by atoms with Crippen molar-refractivity contribution in [2.24, 2.45) is 0 Å². The Morgan fingerprint density at radius 1 is 1.16 bits per heavy atom. The summed E-state index contributed by atoms with van der Waals surface area (Å²) in [4.78, 5) is 37.2. The molecule has 0 radical (unpaired) electrons. The molecule has 1 N–H and O–H groups in total. The maximum Gasteiger partial charge on any atom is 0.276 e. The third kappa shape index (κ3) is 5.91. The highest BCUT2D eigenvalue weighted by Gasteiger charge is 2.24. The number of ether oxygens (including phenoxy) is 1. The molecule has 31 heavy (non-hydrogen) atoms. The third-order valence-corrected chi connectivity index (χ3v) is 5.28. The number of nitro benzene ring substituents is 1. The van der Waals surface area contributed by atoms with Crippen LogP contribution in [0, 0.1) is 10.1 Å². The number of nitro groups is 1. The molecule has 0 bridgehead atoms. The van der Waals surface area contributed by atoms with Crippen LogP contribution in [-0.2, 0) is 16.0 Å². The number of hydrogen-bond acceptors (Lipinski definition) is 5. The van der Waals surface area contributed by atoms with Crippen molar-refractivity contribution >= 4 is 23.6 Å². The van der Waals surface area contributed by atoms with Gasteiger partial charge in [0.15, 0.2) is 0 Å². The van der Waals surface area contributed by atoms with Crippen molar-refractivity contribution < 1.29 is 19.2 Å². The van der Waals surface area contributed by atoms with Crippen LogP contribution in [0.15, 0.2) is 54.6 Å². The molecule has 162 valence electrons. The molecule has 1 aliphatic rings. The van der Waals surface area contributed by atoms with Gasteiger partial charge in [-0.2, -0.15) is 0 Å². The van der Waals surface area contributed by atoms with E-state index in [1.807, 2.05) is 24.3 Å². The number of methoxy groups -OCH3 is 1. The molecule has 1 aliphatic heterocycles. The fraction of sp³-hybridized carbons (Fsp3) is 0.304. The smallest absolute Gasteiger partial charge is 0.276 e. The lowest BCUT2D eigenvalue weighted by Crippen LogP contribution is -2.46. The van der Waals surface area contributed by atoms with E-state index in [1.165, 1.54) is 18.2 Å². The molecule has 2 aromatic carbocycles. The van der Waals surface area contributed by atoms with Gasteiger partial charge in [-0.25, -0.2) is 0 Å². The third-order valence-electron chi connectivity index (χ3n) is 5.28. The van der Waals surface area contributed by atoms with Crippen molar-refractivity contribution in [3.63, 3.8) is 0 Å². The van der Waals surface area contributed by atoms with Gasteiger partial charge in [0, 0.05) is 36.8 Å². The first-order valence-corrected chi connectivity index (χ1v) is 10.1. The number of nitrogens with one attached hydrogen (secondary N) is 1. The Hall–Kier alpha value is -3.68. The number of rotatable bonds is 7. The Morgan fingerprint density at radius 2 is 1.84 bits per heavy atom. The molecule has 1 fully saturated rings. The van der Waals surface area contributed by atoms with Crippen molar-refractivity contribution in [3.05, 3.63) is 75.8 Å². The molecule has 0 aromatic heterocycles. The molecular formula is C23H25N3O5. The zero-order chi connectivity index (χ0) is 22.2. The Kier molecular flexibility index (Phi) is 7.37. The number of amides is 2. The molecule has 1 heterocycles. The topological polar surface area (TPSA) is 102 Å². The number of carbonyl (C=O) groups excluding carboxylic acids is 2. The van der Waals surface area contributed by atoms with Gasteiger partial charge in [0.1, 0.15) is 5.75 Å². The summed E-state index contributed by atoms with van der Waals surface area (Å²) in [5.74, 6) is 0.422. The van der Waals surface area contributed by atoms with Crippen molar-refractivity contribution in [1.82, 2.24) is 10.2 Å². The number of nitrogens with zero attached hydrogens (tertiary/aromatic N) is 2. The summed E-state index contributed by atoms with van der Waals surface area (Å²) in [5, 5.41) is 14.0. The van der Waals surface area contributed by atoms with Gasteiger partial charge < -0.3 is 15.0 Å². The van der Waals surface area contributed by atoms with Gasteiger partial charge in [-0.05, 0) is 31.1 Å². The number of carbonyl (C=O) groups is 2. The van der Waals surface area contributed by atoms with Crippen LogP contribution >= 0.6 is 0 Å². The van der Waals surface area contributed by atoms with Gasteiger partial charge in [-0.1, -0.05) is 30.3 Å². The molecule has 0 saturated carbocycles. The van der Waals surface area contributed by atoms with Crippen LogP contribution in [0.3, 0.4) is 0 Å². The summed E-state index contributed by atoms with van der Waals surface area (Å²) in [6.07, 6.45) is 4.34. The van der Waals surface area contributed by atoms with Gasteiger partial charge in [0.25, 0.3) is 5.69 Å². The standard InChI is InChI=1S/C23H25N3O5/c1-31-21-9-5-3-7-18(21)16-23(28)25-14-12-19(13-15-25)24-22(27)11-10-17-6-2-4-8-20(17)26(29)30/h2-11,19H,12-16H2,1H3,(H,24,27). The summed E-state index contributed by atoms with van der Waals surface area (Å²) in [6.45, 7) is 1.12. The van der Waals surface area contributed by atoms with Gasteiger partial charge >= 0.3 is 0 Å². The summed E-state index contributed by atoms with van der Waals surface area (Å²) in [6, 6.07) is 13.7. The highest BCUT2D eigenvalue weighted by molar-refractivity contribution is 5.92. The van der Waals surface area contributed by atoms with Gasteiger partial charge in [-0.15, -0.1) is 0 Å². The molecule has 1 saturated heterocycles. The van der Waals surface area contributed by atoms with E-state index in [9.17, 15) is 19.7 Å². The lowest BCUT2D eigenvalue weighted by atomic mass is 10.0. The van der Waals surface area contributed by atoms with Crippen molar-refractivity contribution in [2.45, 2.75) is 25.3 Å². The molecule has 8 heteroatoms. The molecule has 0 aliphatic carbocycles. The lowest BCUT2D eigenvalue weighted by molar-refractivity contribution is -0.385. The van der Waals surface area contributed by atoms with Crippen LogP contribution in [0.4, 0.5) is 5.69 Å². The van der Waals surface area contributed by atoms with E-state index in [2.05, 4.69) is 5.32 Å². The van der Waals surface area contributed by atoms with Crippen LogP contribution in [0.2, 0.25) is 0 Å². The van der Waals surface area contributed by atoms with Crippen LogP contribution in [-0.4, -0.2) is 47.9 Å². The molecule has 2 amide bonds. The van der Waals surface area contributed by atoms with Gasteiger partial charge in [-0.3, -0.25) is 19.7 Å². The number of likely N-dealkylation sites (tertiary alicyclic amines) is 1. The second-order valence-electron chi connectivity index (χ2n) is 7.30. The molecule has 0 atom stereocenters. The zero-order valence-corrected chi connectivity index (χ0v) is 17.3. The fourth-order valence-corrected chi connectivity index (χ4v) is 3.61. The maximum atomic E-state index is 12.6. The first-order chi connectivity index (χ1) is 15.0. The van der Waals surface area contributed by atoms with E-state index in [-0.39, 0.29) is 30.0 Å². The number of piperidine rings is 1. The molecule has 2 aromatic rings. The average molecular weight is 423 g/mol. The van der Waals surface area contributed by atoms with E-state index < -0.39 is 4.92 Å². The van der Waals surface area contributed by atoms with Crippen molar-refractivity contribution in [2.75, 3.05) is 20.2 Å². The number of benzene rings is 2. The minimum absolute atomic E-state index is 0.0329. The Labute approximate surface area is 180 Å². The average Bonchev–Trinajstić information content (AvgIpc) is 2.78. The van der Waals surface area contributed by atoms with Crippen LogP contribution < -0.4 is 10.1 Å². The Morgan fingerprint density at radius 3 is 2.55 bits per heavy atom. The minimum Gasteiger partial charge on any atom is -0.496 e. The van der Waals surface area contributed by atoms with Crippen molar-refractivity contribution in [3.8, 4) is 5.75 Å². The van der Waals surface area contributed by atoms with E-state index in [1.54, 1.807) is 30.2 Å². The molecular weight excluding hydrogens is 398 g/mol. The van der Waals surface area contributed by atoms with E-state index in [4.69, 9.17) is 4.74 Å². The summed E-state index contributed by atoms with van der Waals surface area (Å²) in [5.41, 5.74) is 1.18. The second kappa shape index (κ2) is 10.4. The lowest BCUT2D eigenvalue weighted by Gasteiger charge is -2.32. The normalized spacial score (nSPS) is 14.4. The Balaban J connectivity index is 1.49. The van der Waals surface area contributed by atoms with E-state index >= 15 is 0 Å². The first-order valence-electron chi connectivity index (χ1n) is 10.1. The largest absolute Gasteiger partial charge is 0.496 e. The molecule has 0 spiro atoms. The molecule has 3 rings (SSSR count). The summed E-state index contributed by atoms with van der Waals surface area (Å²) < 4.78 is 5.31. The highest BCUT2D eigenvalue weighted by Crippen LogP contribution is 2.21. The van der Waals surface area contributed by atoms with Crippen molar-refractivity contribution in [1.29, 1.82) is 0 Å². The SMILES string of the molecule is COc1ccccc1CC(=O)N1CCC(NC(=O)C=Cc2ccccc2[N+](=O)[O-])CC1. The number of para-hydroxylation sites is 2. The first kappa shape index (κ1) is 22.0. The zero-order valence-electron chi connectivity index (χ0n) is 17.3. The second-order valence-corrected chi connectivity index (χ2v) is 7.30.